The monoisotopic (exact) mass is 773 g/mol. The molecule has 0 aliphatic heterocycles. The molecule has 0 rings (SSSR count). The van der Waals surface area contributed by atoms with Crippen LogP contribution in [0.5, 0.6) is 0 Å². The normalized spacial score (nSPS) is 12.6. The molecular weight excluding hydrogens is 677 g/mol. The zero-order chi connectivity index (χ0) is 39.8. The minimum absolute atomic E-state index is 0.171. The number of allylic oxidation sites excluding steroid dienone is 6. The first-order valence-corrected chi connectivity index (χ1v) is 24.6. The van der Waals surface area contributed by atoms with Crippen LogP contribution in [-0.2, 0) is 14.3 Å². The van der Waals surface area contributed by atoms with Crippen LogP contribution in [0.3, 0.4) is 0 Å². The van der Waals surface area contributed by atoms with Gasteiger partial charge in [0.15, 0.2) is 0 Å². The van der Waals surface area contributed by atoms with Crippen molar-refractivity contribution in [1.82, 2.24) is 0 Å². The summed E-state index contributed by atoms with van der Waals surface area (Å²) in [6.45, 7) is 5.36. The number of ether oxygens (including phenoxy) is 2. The first kappa shape index (κ1) is 53.6. The molecule has 4 heteroatoms. The van der Waals surface area contributed by atoms with Crippen LogP contribution in [0.15, 0.2) is 36.5 Å². The second-order valence-corrected chi connectivity index (χ2v) is 16.5. The maximum absolute atomic E-state index is 12.2. The molecule has 0 bridgehead atoms. The Kier molecular flexibility index (Phi) is 47.5. The van der Waals surface area contributed by atoms with E-state index >= 15 is 0 Å². The van der Waals surface area contributed by atoms with E-state index in [1.165, 1.54) is 212 Å². The van der Waals surface area contributed by atoms with Gasteiger partial charge in [0.2, 0.25) is 0 Å². The van der Waals surface area contributed by atoms with E-state index in [1.807, 2.05) is 0 Å². The lowest BCUT2D eigenvalue weighted by Crippen LogP contribution is -2.27. The third kappa shape index (κ3) is 46.9. The van der Waals surface area contributed by atoms with Crippen LogP contribution in [0.2, 0.25) is 0 Å². The number of carbonyl (C=O) groups is 1. The van der Waals surface area contributed by atoms with Crippen molar-refractivity contribution in [3.8, 4) is 0 Å². The van der Waals surface area contributed by atoms with Crippen molar-refractivity contribution in [2.75, 3.05) is 19.8 Å². The lowest BCUT2D eigenvalue weighted by molar-refractivity contribution is -0.154. The molecule has 0 aromatic carbocycles. The van der Waals surface area contributed by atoms with Crippen LogP contribution in [0.25, 0.3) is 0 Å². The van der Waals surface area contributed by atoms with Crippen LogP contribution in [-0.4, -0.2) is 37.0 Å². The molecule has 1 unspecified atom stereocenters. The predicted molar refractivity (Wildman–Crippen MR) is 242 cm³/mol. The van der Waals surface area contributed by atoms with Gasteiger partial charge in [-0.05, 0) is 70.6 Å². The van der Waals surface area contributed by atoms with E-state index in [-0.39, 0.29) is 12.6 Å². The molecule has 0 spiro atoms. The second-order valence-electron chi connectivity index (χ2n) is 16.5. The molecule has 0 aliphatic rings. The SMILES string of the molecule is CCCCCCC/C=C\C/C=C\CCCCCCCCCCCCCCOCC(CO)OC(=O)CCCCCCCCCCC/C=C\CCCCCCCC. The molecule has 0 saturated heterocycles. The third-order valence-electron chi connectivity index (χ3n) is 10.9. The number of esters is 1. The molecule has 0 aromatic rings. The molecule has 1 atom stereocenters. The van der Waals surface area contributed by atoms with Gasteiger partial charge in [0.05, 0.1) is 13.2 Å². The van der Waals surface area contributed by atoms with Crippen molar-refractivity contribution in [1.29, 1.82) is 0 Å². The van der Waals surface area contributed by atoms with Crippen molar-refractivity contribution < 1.29 is 19.4 Å². The van der Waals surface area contributed by atoms with Gasteiger partial charge in [0, 0.05) is 13.0 Å². The molecule has 324 valence electrons. The molecule has 0 aliphatic carbocycles. The van der Waals surface area contributed by atoms with Crippen LogP contribution in [0.1, 0.15) is 258 Å². The summed E-state index contributed by atoms with van der Waals surface area (Å²) in [4.78, 5) is 12.2. The zero-order valence-electron chi connectivity index (χ0n) is 37.2. The van der Waals surface area contributed by atoms with Gasteiger partial charge in [0.25, 0.3) is 0 Å². The molecule has 0 heterocycles. The summed E-state index contributed by atoms with van der Waals surface area (Å²) in [6.07, 6.45) is 62.3. The predicted octanol–water partition coefficient (Wildman–Crippen LogP) is 16.4. The topological polar surface area (TPSA) is 55.8 Å². The molecule has 4 nitrogen and oxygen atoms in total. The average molecular weight is 773 g/mol. The van der Waals surface area contributed by atoms with Gasteiger partial charge in [-0.25, -0.2) is 0 Å². The number of hydrogen-bond donors (Lipinski definition) is 1. The average Bonchev–Trinajstić information content (AvgIpc) is 3.19. The van der Waals surface area contributed by atoms with Crippen molar-refractivity contribution in [3.05, 3.63) is 36.5 Å². The summed E-state index contributed by atoms with van der Waals surface area (Å²) in [7, 11) is 0. The minimum Gasteiger partial charge on any atom is -0.457 e. The minimum atomic E-state index is -0.535. The summed E-state index contributed by atoms with van der Waals surface area (Å²) in [5.41, 5.74) is 0. The number of carbonyl (C=O) groups excluding carboxylic acids is 1. The molecule has 0 fully saturated rings. The van der Waals surface area contributed by atoms with Crippen molar-refractivity contribution in [2.45, 2.75) is 264 Å². The first-order chi connectivity index (χ1) is 27.2. The Labute approximate surface area is 344 Å². The zero-order valence-corrected chi connectivity index (χ0v) is 37.2. The summed E-state index contributed by atoms with van der Waals surface area (Å²) in [5.74, 6) is -0.200. The molecular formula is C51H96O4. The fourth-order valence-electron chi connectivity index (χ4n) is 7.24. The van der Waals surface area contributed by atoms with Gasteiger partial charge in [-0.2, -0.15) is 0 Å². The highest BCUT2D eigenvalue weighted by Gasteiger charge is 2.13. The Morgan fingerprint density at radius 1 is 0.436 bits per heavy atom. The number of aliphatic hydroxyl groups is 1. The highest BCUT2D eigenvalue weighted by molar-refractivity contribution is 5.69. The summed E-state index contributed by atoms with van der Waals surface area (Å²) in [6, 6.07) is 0. The van der Waals surface area contributed by atoms with Crippen LogP contribution in [0, 0.1) is 0 Å². The van der Waals surface area contributed by atoms with Gasteiger partial charge in [-0.3, -0.25) is 4.79 Å². The van der Waals surface area contributed by atoms with Gasteiger partial charge in [-0.15, -0.1) is 0 Å². The molecule has 0 amide bonds. The van der Waals surface area contributed by atoms with Crippen LogP contribution in [0.4, 0.5) is 0 Å². The Bertz CT molecular complexity index is 818. The van der Waals surface area contributed by atoms with E-state index < -0.39 is 6.10 Å². The number of rotatable bonds is 46. The van der Waals surface area contributed by atoms with Crippen LogP contribution < -0.4 is 0 Å². The standard InChI is InChI=1S/C51H96O4/c1-3-5-7-9-11-13-15-17-19-21-23-24-25-26-27-29-31-33-35-37-39-41-43-45-47-54-49-50(48-52)55-51(53)46-44-42-40-38-36-34-32-30-28-22-20-18-16-14-12-10-8-6-4-2/h15,17-18,20-21,23,50,52H,3-14,16,19,22,24-49H2,1-2H3/b17-15-,20-18-,23-21-. The van der Waals surface area contributed by atoms with E-state index in [0.717, 1.165) is 25.7 Å². The summed E-state index contributed by atoms with van der Waals surface area (Å²) in [5, 5.41) is 9.64. The van der Waals surface area contributed by atoms with Crippen molar-refractivity contribution >= 4 is 5.97 Å². The molecule has 55 heavy (non-hydrogen) atoms. The molecule has 0 saturated carbocycles. The van der Waals surface area contributed by atoms with Gasteiger partial charge >= 0.3 is 5.97 Å². The Hall–Kier alpha value is -1.39. The van der Waals surface area contributed by atoms with Gasteiger partial charge < -0.3 is 14.6 Å². The largest absolute Gasteiger partial charge is 0.457 e. The van der Waals surface area contributed by atoms with E-state index in [1.54, 1.807) is 0 Å². The Balaban J connectivity index is 3.39. The third-order valence-corrected chi connectivity index (χ3v) is 10.9. The van der Waals surface area contributed by atoms with E-state index in [4.69, 9.17) is 9.47 Å². The second kappa shape index (κ2) is 48.8. The van der Waals surface area contributed by atoms with Gasteiger partial charge in [-0.1, -0.05) is 217 Å². The summed E-state index contributed by atoms with van der Waals surface area (Å²) >= 11 is 0. The number of unbranched alkanes of at least 4 members (excludes halogenated alkanes) is 32. The highest BCUT2D eigenvalue weighted by atomic mass is 16.6. The van der Waals surface area contributed by atoms with Crippen molar-refractivity contribution in [3.63, 3.8) is 0 Å². The fourth-order valence-corrected chi connectivity index (χ4v) is 7.24. The van der Waals surface area contributed by atoms with E-state index in [2.05, 4.69) is 50.3 Å². The Morgan fingerprint density at radius 2 is 0.764 bits per heavy atom. The highest BCUT2D eigenvalue weighted by Crippen LogP contribution is 2.15. The molecule has 1 N–H and O–H groups in total. The smallest absolute Gasteiger partial charge is 0.306 e. The van der Waals surface area contributed by atoms with Gasteiger partial charge in [0.1, 0.15) is 6.10 Å². The maximum atomic E-state index is 12.2. The molecule has 0 radical (unpaired) electrons. The Morgan fingerprint density at radius 3 is 1.15 bits per heavy atom. The van der Waals surface area contributed by atoms with E-state index in [0.29, 0.717) is 19.6 Å². The quantitative estimate of drug-likeness (QED) is 0.0380. The summed E-state index contributed by atoms with van der Waals surface area (Å²) < 4.78 is 11.2. The van der Waals surface area contributed by atoms with Crippen molar-refractivity contribution in [2.24, 2.45) is 0 Å². The van der Waals surface area contributed by atoms with E-state index in [9.17, 15) is 9.90 Å². The first-order valence-electron chi connectivity index (χ1n) is 24.6. The fraction of sp³-hybridized carbons (Fsp3) is 0.863. The number of hydrogen-bond acceptors (Lipinski definition) is 4. The molecule has 0 aromatic heterocycles. The lowest BCUT2D eigenvalue weighted by atomic mass is 10.0. The lowest BCUT2D eigenvalue weighted by Gasteiger charge is -2.16. The number of aliphatic hydroxyl groups excluding tert-OH is 1. The van der Waals surface area contributed by atoms with Crippen LogP contribution >= 0.6 is 0 Å². The maximum Gasteiger partial charge on any atom is 0.306 e.